The molecule has 0 aliphatic rings. The summed E-state index contributed by atoms with van der Waals surface area (Å²) in [4.78, 5) is 0. The average Bonchev–Trinajstić information content (AvgIpc) is 0.779. The van der Waals surface area contributed by atoms with Crippen molar-refractivity contribution in [3.63, 3.8) is 0 Å². The van der Waals surface area contributed by atoms with Crippen LogP contribution in [0.3, 0.4) is 0 Å². The van der Waals surface area contributed by atoms with Crippen LogP contribution in [0.2, 0.25) is 0 Å². The van der Waals surface area contributed by atoms with Gasteiger partial charge < -0.3 is 52.1 Å². The molecule has 0 radical (unpaired) electrons. The number of rotatable bonds is 24. The minimum Gasteiger partial charge on any atom is -0.507 e. The zero-order chi connectivity index (χ0) is 87.7. The van der Waals surface area contributed by atoms with Crippen LogP contribution >= 0.6 is 105 Å². The number of para-hydroxylation sites is 1. The van der Waals surface area contributed by atoms with Crippen molar-refractivity contribution >= 4 is 158 Å². The van der Waals surface area contributed by atoms with Gasteiger partial charge in [0, 0.05) is 76.8 Å². The van der Waals surface area contributed by atoms with E-state index < -0.39 is 0 Å². The third-order valence-corrected chi connectivity index (χ3v) is 27.2. The molecule has 0 saturated heterocycles. The third-order valence-electron chi connectivity index (χ3n) is 20.1. The second-order valence-electron chi connectivity index (χ2n) is 34.3. The molecule has 0 saturated carbocycles. The smallest absolute Gasteiger partial charge is 0.127 e. The minimum atomic E-state index is -0.230. The maximum atomic E-state index is 13.7. The van der Waals surface area contributed by atoms with Crippen LogP contribution in [0.25, 0.3) is 0 Å². The Hall–Kier alpha value is -7.17. The lowest BCUT2D eigenvalue weighted by Gasteiger charge is -2.27. The highest BCUT2D eigenvalue weighted by molar-refractivity contribution is 7.57. The summed E-state index contributed by atoms with van der Waals surface area (Å²) >= 11 is 0. The van der Waals surface area contributed by atoms with Gasteiger partial charge in [-0.05, 0) is 243 Å². The highest BCUT2D eigenvalue weighted by atomic mass is 35.5. The van der Waals surface area contributed by atoms with E-state index in [4.69, 9.17) is 0 Å². The molecular formula is C102H130Cl5F3N5O5P5. The Kier molecular flexibility index (Phi) is 47.6. The van der Waals surface area contributed by atoms with E-state index in [-0.39, 0.29) is 110 Å². The van der Waals surface area contributed by atoms with Crippen molar-refractivity contribution in [2.24, 2.45) is 0 Å². The normalized spacial score (nSPS) is 11.5. The summed E-state index contributed by atoms with van der Waals surface area (Å²) < 4.78 is 40.7. The number of hydrogen-bond donors (Lipinski definition) is 10. The molecule has 0 aliphatic carbocycles. The summed E-state index contributed by atoms with van der Waals surface area (Å²) in [5, 5.41) is 79.3. The Morgan fingerprint density at radius 3 is 1.02 bits per heavy atom. The van der Waals surface area contributed by atoms with Gasteiger partial charge in [-0.2, -0.15) is 0 Å². The number of hydrogen-bond acceptors (Lipinski definition) is 10. The van der Waals surface area contributed by atoms with Gasteiger partial charge in [-0.25, -0.2) is 13.2 Å². The molecular weight excluding hydrogens is 1760 g/mol. The first-order valence-electron chi connectivity index (χ1n) is 40.8. The third kappa shape index (κ3) is 34.3. The van der Waals surface area contributed by atoms with Crippen LogP contribution in [-0.4, -0.2) is 60.8 Å². The van der Waals surface area contributed by atoms with Gasteiger partial charge in [-0.1, -0.05) is 296 Å². The maximum absolute atomic E-state index is 13.7. The second-order valence-corrected chi connectivity index (χ2v) is 40.9. The van der Waals surface area contributed by atoms with Gasteiger partial charge in [-0.3, -0.25) is 0 Å². The van der Waals surface area contributed by atoms with Crippen molar-refractivity contribution in [2.45, 2.75) is 164 Å². The number of aromatic hydroxyl groups is 5. The molecule has 5 atom stereocenters. The van der Waals surface area contributed by atoms with E-state index in [1.165, 1.54) is 67.8 Å². The van der Waals surface area contributed by atoms with Gasteiger partial charge in [-0.15, -0.1) is 62.0 Å². The SMILES string of the molecule is CNCc1cc(F)ccc1Pc1cc(C(C)(C)C)cc(C(C)(C)C)c1O.CNCc1cc(F)ccc1Pc1cc(C(C)(C)C)cc(C)c1O.CNCc1cc(F)ccc1Pc1cc(C)cc(C(C)(C)C)c1O.CNCc1ccccc1Pc1cc(Cc2ccccc2)ccc1O.CNCc1ccccc1Pc1cccc(Cc2ccccc2)c1O.Cl.Cl.Cl.Cl.Cl. The van der Waals surface area contributed by atoms with E-state index in [0.717, 1.165) is 113 Å². The summed E-state index contributed by atoms with van der Waals surface area (Å²) in [7, 11) is 11.2. The van der Waals surface area contributed by atoms with E-state index in [2.05, 4.69) is 219 Å². The molecule has 0 fully saturated rings. The van der Waals surface area contributed by atoms with Gasteiger partial charge in [0.2, 0.25) is 0 Å². The van der Waals surface area contributed by atoms with E-state index in [0.29, 0.717) is 82.7 Å². The predicted octanol–water partition coefficient (Wildman–Crippen LogP) is 20.2. The number of halogens is 8. The molecule has 5 unspecified atom stereocenters. The molecule has 0 aliphatic heterocycles. The maximum Gasteiger partial charge on any atom is 0.127 e. The van der Waals surface area contributed by atoms with E-state index in [1.807, 2.05) is 140 Å². The summed E-state index contributed by atoms with van der Waals surface area (Å²) in [5.41, 5.74) is 16.2. The fourth-order valence-corrected chi connectivity index (χ4v) is 20.0. The quantitative estimate of drug-likeness (QED) is 0.0264. The van der Waals surface area contributed by atoms with Crippen LogP contribution in [0.5, 0.6) is 28.7 Å². The van der Waals surface area contributed by atoms with Gasteiger partial charge >= 0.3 is 0 Å². The number of nitrogens with one attached hydrogen (secondary N) is 5. The summed E-state index contributed by atoms with van der Waals surface area (Å²) in [5.74, 6) is 1.19. The molecule has 0 aromatic heterocycles. The first-order chi connectivity index (χ1) is 56.9. The predicted molar refractivity (Wildman–Crippen MR) is 553 cm³/mol. The van der Waals surface area contributed by atoms with Crippen molar-refractivity contribution in [1.29, 1.82) is 0 Å². The first-order valence-corrected chi connectivity index (χ1v) is 45.8. The van der Waals surface area contributed by atoms with Crippen LogP contribution in [0.4, 0.5) is 13.2 Å². The summed E-state index contributed by atoms with van der Waals surface area (Å²) in [6.45, 7) is 33.2. The van der Waals surface area contributed by atoms with Crippen molar-refractivity contribution < 1.29 is 38.7 Å². The molecule has 10 nitrogen and oxygen atoms in total. The zero-order valence-electron chi connectivity index (χ0n) is 75.4. The van der Waals surface area contributed by atoms with Gasteiger partial charge in [0.05, 0.1) is 0 Å². The van der Waals surface area contributed by atoms with Crippen molar-refractivity contribution in [1.82, 2.24) is 26.6 Å². The Morgan fingerprint density at radius 2 is 0.600 bits per heavy atom. The lowest BCUT2D eigenvalue weighted by molar-refractivity contribution is 0.448. The number of aryl methyl sites for hydroxylation is 2. The van der Waals surface area contributed by atoms with E-state index in [1.54, 1.807) is 18.2 Å². The van der Waals surface area contributed by atoms with Gasteiger partial charge in [0.25, 0.3) is 0 Å². The summed E-state index contributed by atoms with van der Waals surface area (Å²) in [6.07, 6.45) is 1.64. The van der Waals surface area contributed by atoms with Crippen LogP contribution in [0.15, 0.2) is 237 Å². The number of phenolic OH excluding ortho intramolecular Hbond substituents is 5. The standard InChI is InChI=1S/C22H31FNOP.2C21H22NOP.2C19H25FNOP.5ClH/c1-21(2,3)15-11-17(22(4,5)6)20(25)19(12-15)26-18-9-8-16(23)10-14(18)13-24-7;1-22-15-18-10-5-6-12-19(18)24-20-13-7-11-17(21(20)23)14-16-8-3-2-4-9-16;1-22-15-18-9-5-6-10-20(18)24-21-14-17(11-12-19(21)23)13-16-7-3-2-4-8-16;1-12-8-14(19(2,3)4)10-17(18(12)22)23-16-7-6-15(20)9-13(16)11-21-5;1-12-8-15(19(2,3)4)18(22)17(9-12)23-16-7-6-14(20)10-13(16)11-21-5;;;;;/h8-12,24-26H,13H2,1-7H3;2-13,22-24H,14-15H2,1H3;2-12,14,22-24H,13,15H2,1H3;2*6-10,21-23H,11H2,1-5H3;5*1H. The summed E-state index contributed by atoms with van der Waals surface area (Å²) in [6, 6.07) is 76.6. The number of benzene rings is 12. The lowest BCUT2D eigenvalue weighted by atomic mass is 9.80. The second kappa shape index (κ2) is 53.1. The zero-order valence-corrected chi connectivity index (χ0v) is 84.5. The van der Waals surface area contributed by atoms with Crippen LogP contribution in [-0.2, 0) is 67.2 Å². The monoisotopic (exact) mass is 1890 g/mol. The molecule has 0 bridgehead atoms. The van der Waals surface area contributed by atoms with Crippen LogP contribution < -0.4 is 79.6 Å². The topological polar surface area (TPSA) is 161 Å². The Labute approximate surface area is 783 Å². The Morgan fingerprint density at radius 1 is 0.264 bits per heavy atom. The molecule has 0 spiro atoms. The number of phenols is 5. The molecule has 23 heteroatoms. The van der Waals surface area contributed by atoms with Gasteiger partial charge in [0.15, 0.2) is 0 Å². The van der Waals surface area contributed by atoms with Crippen molar-refractivity contribution in [3.8, 4) is 28.7 Å². The fourth-order valence-electron chi connectivity index (χ4n) is 13.5. The largest absolute Gasteiger partial charge is 0.507 e. The molecule has 12 aromatic carbocycles. The molecule has 674 valence electrons. The Bertz CT molecular complexity index is 5260. The highest BCUT2D eigenvalue weighted by Gasteiger charge is 2.27. The first kappa shape index (κ1) is 112. The highest BCUT2D eigenvalue weighted by Crippen LogP contribution is 2.39. The van der Waals surface area contributed by atoms with Gasteiger partial charge in [0.1, 0.15) is 46.2 Å². The molecule has 12 rings (SSSR count). The van der Waals surface area contributed by atoms with Crippen LogP contribution in [0, 0.1) is 31.3 Å². The lowest BCUT2D eigenvalue weighted by Crippen LogP contribution is -2.22. The van der Waals surface area contributed by atoms with E-state index in [9.17, 15) is 38.7 Å². The molecule has 125 heavy (non-hydrogen) atoms. The van der Waals surface area contributed by atoms with E-state index >= 15 is 0 Å². The molecule has 0 heterocycles. The van der Waals surface area contributed by atoms with Crippen molar-refractivity contribution in [2.75, 3.05) is 35.2 Å². The minimum absolute atomic E-state index is 0. The molecule has 0 amide bonds. The molecule has 10 N–H and O–H groups in total. The Balaban J connectivity index is 0.000000399. The van der Waals surface area contributed by atoms with Crippen molar-refractivity contribution in [3.05, 3.63) is 337 Å². The van der Waals surface area contributed by atoms with Crippen LogP contribution in [0.1, 0.15) is 167 Å². The fraction of sp³-hybridized carbons (Fsp3) is 0.294. The average molecular weight is 1900 g/mol. The molecule has 12 aromatic rings.